The maximum atomic E-state index is 8.72. The van der Waals surface area contributed by atoms with Crippen molar-refractivity contribution in [3.8, 4) is 11.3 Å². The van der Waals surface area contributed by atoms with Gasteiger partial charge in [-0.3, -0.25) is 0 Å². The third-order valence-corrected chi connectivity index (χ3v) is 1.57. The molecular formula is C7H9ClN4O. The molecule has 2 aromatic rings. The Labute approximate surface area is 80.8 Å². The van der Waals surface area contributed by atoms with Gasteiger partial charge in [0, 0.05) is 18.0 Å². The van der Waals surface area contributed by atoms with E-state index in [4.69, 9.17) is 5.11 Å². The average molecular weight is 201 g/mol. The van der Waals surface area contributed by atoms with Crippen molar-refractivity contribution in [3.05, 3.63) is 24.9 Å². The second-order valence-electron chi connectivity index (χ2n) is 2.36. The smallest absolute Gasteiger partial charge is 0.136 e. The van der Waals surface area contributed by atoms with Gasteiger partial charge in [-0.15, -0.1) is 12.4 Å². The summed E-state index contributed by atoms with van der Waals surface area (Å²) in [6, 6.07) is 0. The molecule has 13 heavy (non-hydrogen) atoms. The second-order valence-corrected chi connectivity index (χ2v) is 2.36. The van der Waals surface area contributed by atoms with Crippen LogP contribution in [0.1, 0.15) is 0 Å². The lowest BCUT2D eigenvalue weighted by molar-refractivity contribution is 0.195. The van der Waals surface area contributed by atoms with Crippen LogP contribution in [0.3, 0.4) is 0 Å². The minimum atomic E-state index is -0.107. The number of aliphatic hydroxyl groups is 1. The van der Waals surface area contributed by atoms with Gasteiger partial charge in [0.2, 0.25) is 0 Å². The van der Waals surface area contributed by atoms with Crippen LogP contribution in [0.15, 0.2) is 24.9 Å². The van der Waals surface area contributed by atoms with Gasteiger partial charge in [-0.1, -0.05) is 0 Å². The first kappa shape index (κ1) is 9.76. The predicted octanol–water partition coefficient (Wildman–Crippen LogP) is 0.645. The number of halogens is 1. The van der Waals surface area contributed by atoms with E-state index >= 15 is 0 Å². The highest BCUT2D eigenvalue weighted by atomic mass is 35.5. The summed E-state index contributed by atoms with van der Waals surface area (Å²) in [6.45, 7) is -0.107. The number of hydrogen-bond donors (Lipinski definition) is 2. The number of nitrogens with one attached hydrogen (secondary N) is 1. The molecule has 6 heteroatoms. The minimum absolute atomic E-state index is 0. The molecule has 0 spiro atoms. The van der Waals surface area contributed by atoms with Crippen molar-refractivity contribution in [2.45, 2.75) is 6.73 Å². The van der Waals surface area contributed by atoms with Gasteiger partial charge in [-0.2, -0.15) is 5.10 Å². The summed E-state index contributed by atoms with van der Waals surface area (Å²) in [5.74, 6) is 0. The molecule has 0 aliphatic rings. The van der Waals surface area contributed by atoms with Crippen LogP contribution < -0.4 is 0 Å². The highest BCUT2D eigenvalue weighted by molar-refractivity contribution is 5.85. The van der Waals surface area contributed by atoms with E-state index < -0.39 is 0 Å². The summed E-state index contributed by atoms with van der Waals surface area (Å²) < 4.78 is 1.43. The monoisotopic (exact) mass is 200 g/mol. The Balaban J connectivity index is 0.000000845. The van der Waals surface area contributed by atoms with E-state index in [1.165, 1.54) is 4.68 Å². The average Bonchev–Trinajstić information content (AvgIpc) is 2.75. The molecule has 0 saturated carbocycles. The Morgan fingerprint density at radius 3 is 2.92 bits per heavy atom. The van der Waals surface area contributed by atoms with Crippen molar-refractivity contribution in [2.24, 2.45) is 0 Å². The first-order valence-corrected chi connectivity index (χ1v) is 3.52. The normalized spacial score (nSPS) is 9.62. The lowest BCUT2D eigenvalue weighted by atomic mass is 10.3. The molecule has 0 saturated heterocycles. The van der Waals surface area contributed by atoms with Crippen molar-refractivity contribution >= 4 is 12.4 Å². The zero-order valence-electron chi connectivity index (χ0n) is 6.71. The van der Waals surface area contributed by atoms with Crippen LogP contribution in [0.5, 0.6) is 0 Å². The van der Waals surface area contributed by atoms with Crippen molar-refractivity contribution in [1.29, 1.82) is 0 Å². The zero-order valence-corrected chi connectivity index (χ0v) is 7.53. The first-order chi connectivity index (χ1) is 5.90. The molecule has 2 heterocycles. The Hall–Kier alpha value is -1.33. The number of nitrogens with zero attached hydrogens (tertiary/aromatic N) is 3. The van der Waals surface area contributed by atoms with E-state index in [-0.39, 0.29) is 19.1 Å². The second kappa shape index (κ2) is 4.06. The SMILES string of the molecule is Cl.OCn1cc(-c2c[nH]cn2)cn1. The fraction of sp³-hybridized carbons (Fsp3) is 0.143. The number of rotatable bonds is 2. The van der Waals surface area contributed by atoms with Crippen LogP contribution in [0.4, 0.5) is 0 Å². The quantitative estimate of drug-likeness (QED) is 0.748. The topological polar surface area (TPSA) is 66.7 Å². The molecule has 0 aromatic carbocycles. The fourth-order valence-corrected chi connectivity index (χ4v) is 0.991. The molecule has 70 valence electrons. The number of H-pyrrole nitrogens is 1. The lowest BCUT2D eigenvalue weighted by Gasteiger charge is -1.89. The summed E-state index contributed by atoms with van der Waals surface area (Å²) >= 11 is 0. The first-order valence-electron chi connectivity index (χ1n) is 3.52. The molecule has 5 nitrogen and oxygen atoms in total. The number of aromatic amines is 1. The van der Waals surface area contributed by atoms with Gasteiger partial charge in [0.1, 0.15) is 6.73 Å². The maximum Gasteiger partial charge on any atom is 0.136 e. The minimum Gasteiger partial charge on any atom is -0.374 e. The summed E-state index contributed by atoms with van der Waals surface area (Å²) in [7, 11) is 0. The van der Waals surface area contributed by atoms with E-state index in [9.17, 15) is 0 Å². The molecule has 0 aliphatic heterocycles. The highest BCUT2D eigenvalue weighted by Crippen LogP contribution is 2.13. The van der Waals surface area contributed by atoms with E-state index in [1.807, 2.05) is 0 Å². The van der Waals surface area contributed by atoms with E-state index in [0.29, 0.717) is 0 Å². The van der Waals surface area contributed by atoms with Crippen molar-refractivity contribution in [2.75, 3.05) is 0 Å². The lowest BCUT2D eigenvalue weighted by Crippen LogP contribution is -1.94. The van der Waals surface area contributed by atoms with Gasteiger partial charge in [-0.05, 0) is 0 Å². The largest absolute Gasteiger partial charge is 0.374 e. The Morgan fingerprint density at radius 1 is 1.54 bits per heavy atom. The van der Waals surface area contributed by atoms with Gasteiger partial charge in [0.25, 0.3) is 0 Å². The number of hydrogen-bond acceptors (Lipinski definition) is 3. The molecule has 2 rings (SSSR count). The Morgan fingerprint density at radius 2 is 2.38 bits per heavy atom. The number of aliphatic hydroxyl groups excluding tert-OH is 1. The molecule has 2 aromatic heterocycles. The van der Waals surface area contributed by atoms with Crippen LogP contribution >= 0.6 is 12.4 Å². The van der Waals surface area contributed by atoms with Crippen LogP contribution in [0, 0.1) is 0 Å². The van der Waals surface area contributed by atoms with Crippen molar-refractivity contribution < 1.29 is 5.11 Å². The molecule has 0 unspecified atom stereocenters. The molecule has 0 aliphatic carbocycles. The molecule has 0 radical (unpaired) electrons. The molecular weight excluding hydrogens is 192 g/mol. The van der Waals surface area contributed by atoms with Crippen molar-refractivity contribution in [1.82, 2.24) is 19.7 Å². The maximum absolute atomic E-state index is 8.72. The summed E-state index contributed by atoms with van der Waals surface area (Å²) in [6.07, 6.45) is 6.77. The molecule has 0 fully saturated rings. The molecule has 0 amide bonds. The molecule has 0 bridgehead atoms. The van der Waals surface area contributed by atoms with E-state index in [2.05, 4.69) is 15.1 Å². The zero-order chi connectivity index (χ0) is 8.39. The van der Waals surface area contributed by atoms with Gasteiger partial charge in [-0.25, -0.2) is 9.67 Å². The Bertz CT molecular complexity index is 356. The van der Waals surface area contributed by atoms with Crippen LogP contribution in [0.2, 0.25) is 0 Å². The third kappa shape index (κ3) is 1.88. The van der Waals surface area contributed by atoms with Crippen LogP contribution in [-0.2, 0) is 6.73 Å². The number of aromatic nitrogens is 4. The van der Waals surface area contributed by atoms with Crippen molar-refractivity contribution in [3.63, 3.8) is 0 Å². The Kier molecular flexibility index (Phi) is 3.05. The van der Waals surface area contributed by atoms with E-state index in [1.54, 1.807) is 24.9 Å². The van der Waals surface area contributed by atoms with Crippen LogP contribution in [0.25, 0.3) is 11.3 Å². The molecule has 2 N–H and O–H groups in total. The predicted molar refractivity (Wildman–Crippen MR) is 49.3 cm³/mol. The summed E-state index contributed by atoms with van der Waals surface area (Å²) in [5, 5.41) is 12.6. The fourth-order valence-electron chi connectivity index (χ4n) is 0.991. The van der Waals surface area contributed by atoms with Gasteiger partial charge in [0.15, 0.2) is 0 Å². The highest BCUT2D eigenvalue weighted by Gasteiger charge is 2.01. The van der Waals surface area contributed by atoms with Gasteiger partial charge >= 0.3 is 0 Å². The summed E-state index contributed by atoms with van der Waals surface area (Å²) in [4.78, 5) is 6.89. The standard InChI is InChI=1S/C7H8N4O.ClH/c12-5-11-3-6(1-10-11)7-2-8-4-9-7;/h1-4,12H,5H2,(H,8,9);1H. The summed E-state index contributed by atoms with van der Waals surface area (Å²) in [5.41, 5.74) is 1.72. The van der Waals surface area contributed by atoms with Crippen LogP contribution in [-0.4, -0.2) is 24.9 Å². The number of imidazole rings is 1. The molecule has 0 atom stereocenters. The van der Waals surface area contributed by atoms with Gasteiger partial charge in [0.05, 0.1) is 18.2 Å². The third-order valence-electron chi connectivity index (χ3n) is 1.57. The van der Waals surface area contributed by atoms with Gasteiger partial charge < -0.3 is 10.1 Å². The van der Waals surface area contributed by atoms with E-state index in [0.717, 1.165) is 11.3 Å².